The van der Waals surface area contributed by atoms with E-state index in [2.05, 4.69) is 17.5 Å². The predicted molar refractivity (Wildman–Crippen MR) is 71.1 cm³/mol. The second-order valence-corrected chi connectivity index (χ2v) is 5.09. The van der Waals surface area contributed by atoms with E-state index in [1.807, 2.05) is 20.8 Å². The highest BCUT2D eigenvalue weighted by molar-refractivity contribution is 7.80. The number of nitrogens with two attached hydrogens (primary N) is 2. The number of carbonyl (C=O) groups excluding carboxylic acids is 1. The van der Waals surface area contributed by atoms with Crippen LogP contribution in [0.1, 0.15) is 33.6 Å². The molecule has 0 radical (unpaired) electrons. The molecule has 0 saturated heterocycles. The van der Waals surface area contributed by atoms with E-state index < -0.39 is 11.7 Å². The standard InChI is InChI=1S/C10H22N4O2S/c1-10(2,3)16-9(15)13-6-4-5-7-14(12)8(11)17/h4-7,12H2,1-3H3,(H2,11,17)(H,13,15). The molecule has 0 spiro atoms. The number of hydrogen-bond donors (Lipinski definition) is 3. The van der Waals surface area contributed by atoms with E-state index >= 15 is 0 Å². The Bertz CT molecular complexity index is 266. The zero-order chi connectivity index (χ0) is 13.5. The largest absolute Gasteiger partial charge is 0.444 e. The van der Waals surface area contributed by atoms with Crippen LogP contribution in [0.2, 0.25) is 0 Å². The van der Waals surface area contributed by atoms with E-state index in [4.69, 9.17) is 16.3 Å². The number of alkyl carbamates (subject to hydrolysis) is 1. The van der Waals surface area contributed by atoms with Gasteiger partial charge >= 0.3 is 6.09 Å². The number of nitrogens with one attached hydrogen (secondary N) is 1. The molecule has 0 aliphatic heterocycles. The molecule has 5 N–H and O–H groups in total. The number of nitrogens with zero attached hydrogens (tertiary/aromatic N) is 1. The van der Waals surface area contributed by atoms with Gasteiger partial charge in [-0.1, -0.05) is 0 Å². The minimum Gasteiger partial charge on any atom is -0.444 e. The first-order chi connectivity index (χ1) is 7.72. The number of thiocarbonyl (C=S) groups is 1. The summed E-state index contributed by atoms with van der Waals surface area (Å²) in [6.45, 7) is 6.58. The van der Waals surface area contributed by atoms with Crippen molar-refractivity contribution in [3.63, 3.8) is 0 Å². The fraction of sp³-hybridized carbons (Fsp3) is 0.800. The van der Waals surface area contributed by atoms with E-state index in [0.717, 1.165) is 12.8 Å². The molecule has 7 heteroatoms. The first-order valence-corrected chi connectivity index (χ1v) is 5.92. The average molecular weight is 262 g/mol. The molecule has 6 nitrogen and oxygen atoms in total. The van der Waals surface area contributed by atoms with Crippen LogP contribution in [0.15, 0.2) is 0 Å². The quantitative estimate of drug-likeness (QED) is 0.292. The number of hydrazine groups is 1. The van der Waals surface area contributed by atoms with Crippen LogP contribution in [0.3, 0.4) is 0 Å². The number of amides is 1. The Hall–Kier alpha value is -1.08. The smallest absolute Gasteiger partial charge is 0.407 e. The normalized spacial score (nSPS) is 10.8. The maximum Gasteiger partial charge on any atom is 0.407 e. The van der Waals surface area contributed by atoms with Gasteiger partial charge in [0.2, 0.25) is 0 Å². The minimum absolute atomic E-state index is 0.171. The lowest BCUT2D eigenvalue weighted by Crippen LogP contribution is -2.42. The molecule has 100 valence electrons. The lowest BCUT2D eigenvalue weighted by atomic mass is 10.2. The van der Waals surface area contributed by atoms with Crippen LogP contribution in [-0.4, -0.2) is 34.9 Å². The summed E-state index contributed by atoms with van der Waals surface area (Å²) in [6, 6.07) is 0. The van der Waals surface area contributed by atoms with Crippen LogP contribution < -0.4 is 16.9 Å². The molecule has 0 bridgehead atoms. The van der Waals surface area contributed by atoms with Gasteiger partial charge in [-0.05, 0) is 45.8 Å². The Morgan fingerprint density at radius 2 is 2.00 bits per heavy atom. The first-order valence-electron chi connectivity index (χ1n) is 5.51. The second kappa shape index (κ2) is 7.29. The highest BCUT2D eigenvalue weighted by Gasteiger charge is 2.15. The number of unbranched alkanes of at least 4 members (excludes halogenated alkanes) is 1. The molecule has 0 heterocycles. The van der Waals surface area contributed by atoms with Gasteiger partial charge in [-0.15, -0.1) is 0 Å². The third-order valence-corrected chi connectivity index (χ3v) is 2.01. The highest BCUT2D eigenvalue weighted by atomic mass is 32.1. The molecule has 0 aromatic rings. The average Bonchev–Trinajstić information content (AvgIpc) is 2.13. The lowest BCUT2D eigenvalue weighted by molar-refractivity contribution is 0.0527. The topological polar surface area (TPSA) is 93.6 Å². The van der Waals surface area contributed by atoms with E-state index in [9.17, 15) is 4.79 Å². The summed E-state index contributed by atoms with van der Waals surface area (Å²) in [4.78, 5) is 11.3. The number of hydrogen-bond acceptors (Lipinski definition) is 4. The number of rotatable bonds is 5. The summed E-state index contributed by atoms with van der Waals surface area (Å²) >= 11 is 4.69. The molecule has 0 atom stereocenters. The Balaban J connectivity index is 3.52. The van der Waals surface area contributed by atoms with Crippen molar-refractivity contribution in [2.45, 2.75) is 39.2 Å². The zero-order valence-electron chi connectivity index (χ0n) is 10.7. The SMILES string of the molecule is CC(C)(C)OC(=O)NCCCCN(N)C(N)=S. The van der Waals surface area contributed by atoms with Gasteiger partial charge in [-0.25, -0.2) is 10.6 Å². The van der Waals surface area contributed by atoms with Crippen molar-refractivity contribution in [1.82, 2.24) is 10.3 Å². The predicted octanol–water partition coefficient (Wildman–Crippen LogP) is 0.711. The van der Waals surface area contributed by atoms with E-state index in [1.165, 1.54) is 5.01 Å². The molecule has 1 amide bonds. The van der Waals surface area contributed by atoms with Gasteiger partial charge in [0.1, 0.15) is 5.60 Å². The van der Waals surface area contributed by atoms with Crippen LogP contribution in [0.4, 0.5) is 4.79 Å². The van der Waals surface area contributed by atoms with Crippen molar-refractivity contribution >= 4 is 23.4 Å². The summed E-state index contributed by atoms with van der Waals surface area (Å²) < 4.78 is 5.08. The number of carbonyl (C=O) groups is 1. The Morgan fingerprint density at radius 3 is 2.47 bits per heavy atom. The molecule has 0 rings (SSSR count). The number of ether oxygens (including phenoxy) is 1. The Labute approximate surface area is 108 Å². The van der Waals surface area contributed by atoms with Gasteiger partial charge in [0, 0.05) is 13.1 Å². The fourth-order valence-corrected chi connectivity index (χ4v) is 1.11. The van der Waals surface area contributed by atoms with Crippen LogP contribution in [0, 0.1) is 0 Å². The second-order valence-electron chi connectivity index (χ2n) is 4.67. The van der Waals surface area contributed by atoms with Gasteiger partial charge in [-0.2, -0.15) is 0 Å². The van der Waals surface area contributed by atoms with Crippen molar-refractivity contribution < 1.29 is 9.53 Å². The third kappa shape index (κ3) is 9.83. The van der Waals surface area contributed by atoms with E-state index in [-0.39, 0.29) is 5.11 Å². The molecule has 17 heavy (non-hydrogen) atoms. The molecule has 0 aliphatic rings. The van der Waals surface area contributed by atoms with E-state index in [1.54, 1.807) is 0 Å². The molecule has 0 aromatic carbocycles. The highest BCUT2D eigenvalue weighted by Crippen LogP contribution is 2.06. The van der Waals surface area contributed by atoms with Crippen LogP contribution in [0.5, 0.6) is 0 Å². The molecule has 0 fully saturated rings. The van der Waals surface area contributed by atoms with Crippen LogP contribution in [-0.2, 0) is 4.74 Å². The zero-order valence-corrected chi connectivity index (χ0v) is 11.5. The third-order valence-electron chi connectivity index (χ3n) is 1.78. The van der Waals surface area contributed by atoms with Crippen LogP contribution >= 0.6 is 12.2 Å². The van der Waals surface area contributed by atoms with Crippen molar-refractivity contribution in [1.29, 1.82) is 0 Å². The van der Waals surface area contributed by atoms with Crippen molar-refractivity contribution in [2.75, 3.05) is 13.1 Å². The maximum absolute atomic E-state index is 11.3. The molecule has 0 saturated carbocycles. The van der Waals surface area contributed by atoms with Gasteiger partial charge < -0.3 is 15.8 Å². The molecular weight excluding hydrogens is 240 g/mol. The summed E-state index contributed by atoms with van der Waals surface area (Å²) in [5, 5.41) is 4.14. The summed E-state index contributed by atoms with van der Waals surface area (Å²) in [5.74, 6) is 5.50. The minimum atomic E-state index is -0.468. The fourth-order valence-electron chi connectivity index (χ4n) is 1.02. The van der Waals surface area contributed by atoms with E-state index in [0.29, 0.717) is 13.1 Å². The van der Waals surface area contributed by atoms with Crippen molar-refractivity contribution in [2.24, 2.45) is 11.6 Å². The molecule has 0 aromatic heterocycles. The van der Waals surface area contributed by atoms with Gasteiger partial charge in [0.25, 0.3) is 0 Å². The molecule has 0 aliphatic carbocycles. The lowest BCUT2D eigenvalue weighted by Gasteiger charge is -2.20. The van der Waals surface area contributed by atoms with Crippen LogP contribution in [0.25, 0.3) is 0 Å². The maximum atomic E-state index is 11.3. The first kappa shape index (κ1) is 15.9. The van der Waals surface area contributed by atoms with Gasteiger partial charge in [-0.3, -0.25) is 5.01 Å². The van der Waals surface area contributed by atoms with Gasteiger partial charge in [0.05, 0.1) is 0 Å². The van der Waals surface area contributed by atoms with Crippen molar-refractivity contribution in [3.8, 4) is 0 Å². The van der Waals surface area contributed by atoms with Gasteiger partial charge in [0.15, 0.2) is 5.11 Å². The summed E-state index contributed by atoms with van der Waals surface area (Å²) in [5.41, 5.74) is 4.84. The summed E-state index contributed by atoms with van der Waals surface area (Å²) in [6.07, 6.45) is 1.18. The van der Waals surface area contributed by atoms with Crippen molar-refractivity contribution in [3.05, 3.63) is 0 Å². The Morgan fingerprint density at radius 1 is 1.41 bits per heavy atom. The molecular formula is C10H22N4O2S. The Kier molecular flexibility index (Phi) is 6.82. The monoisotopic (exact) mass is 262 g/mol. The molecule has 0 unspecified atom stereocenters. The summed E-state index contributed by atoms with van der Waals surface area (Å²) in [7, 11) is 0.